The van der Waals surface area contributed by atoms with Gasteiger partial charge in [-0.1, -0.05) is 36.9 Å². The van der Waals surface area contributed by atoms with Gasteiger partial charge in [0.1, 0.15) is 0 Å². The molecule has 0 aliphatic carbocycles. The fourth-order valence-corrected chi connectivity index (χ4v) is 5.59. The first-order chi connectivity index (χ1) is 10.4. The third kappa shape index (κ3) is 2.37. The van der Waals surface area contributed by atoms with Crippen molar-refractivity contribution in [2.75, 3.05) is 19.6 Å². The van der Waals surface area contributed by atoms with Gasteiger partial charge in [-0.25, -0.2) is 0 Å². The van der Waals surface area contributed by atoms with Crippen molar-refractivity contribution >= 4 is 34.2 Å². The van der Waals surface area contributed by atoms with E-state index in [0.717, 1.165) is 6.54 Å². The maximum absolute atomic E-state index is 2.58. The van der Waals surface area contributed by atoms with Crippen LogP contribution in [0.4, 0.5) is 0 Å². The molecule has 2 aliphatic rings. The van der Waals surface area contributed by atoms with Gasteiger partial charge in [0, 0.05) is 23.5 Å². The van der Waals surface area contributed by atoms with E-state index in [1.165, 1.54) is 46.2 Å². The lowest BCUT2D eigenvalue weighted by Crippen LogP contribution is -2.24. The summed E-state index contributed by atoms with van der Waals surface area (Å²) in [5.74, 6) is 0. The quantitative estimate of drug-likeness (QED) is 0.708. The Kier molecular flexibility index (Phi) is 3.66. The first-order valence-corrected chi connectivity index (χ1v) is 9.36. The first-order valence-electron chi connectivity index (χ1n) is 7.66. The van der Waals surface area contributed by atoms with Crippen molar-refractivity contribution in [2.45, 2.75) is 28.9 Å². The summed E-state index contributed by atoms with van der Waals surface area (Å²) in [6.45, 7) is 5.81. The highest BCUT2D eigenvalue weighted by Gasteiger charge is 2.25. The number of rotatable bonds is 1. The highest BCUT2D eigenvalue weighted by atomic mass is 32.2. The van der Waals surface area contributed by atoms with Crippen LogP contribution in [0.1, 0.15) is 30.9 Å². The van der Waals surface area contributed by atoms with Gasteiger partial charge in [-0.15, -0.1) is 11.3 Å². The summed E-state index contributed by atoms with van der Waals surface area (Å²) in [6.07, 6.45) is 2.36. The van der Waals surface area contributed by atoms with Crippen LogP contribution in [-0.4, -0.2) is 24.5 Å². The first kappa shape index (κ1) is 13.6. The summed E-state index contributed by atoms with van der Waals surface area (Å²) in [4.78, 5) is 4.01. The average molecular weight is 313 g/mol. The van der Waals surface area contributed by atoms with Gasteiger partial charge in [-0.3, -0.25) is 0 Å². The molecule has 0 amide bonds. The standard InChI is InChI=1S/C18H19NS2/c1-2-19-10-7-13-14(8-11-19)16-9-12-20-18(16)21-17-6-4-3-5-15(13)17/h3-6,9,12H,2,7-8,10-11H2,1H3. The molecule has 21 heavy (non-hydrogen) atoms. The van der Waals surface area contributed by atoms with Gasteiger partial charge in [0.05, 0.1) is 4.21 Å². The van der Waals surface area contributed by atoms with E-state index in [0.29, 0.717) is 0 Å². The molecule has 0 atom stereocenters. The largest absolute Gasteiger partial charge is 0.303 e. The molecule has 0 saturated carbocycles. The Balaban J connectivity index is 1.89. The van der Waals surface area contributed by atoms with Crippen LogP contribution in [0.3, 0.4) is 0 Å². The molecule has 0 unspecified atom stereocenters. The van der Waals surface area contributed by atoms with Gasteiger partial charge in [-0.05, 0) is 53.6 Å². The van der Waals surface area contributed by atoms with Gasteiger partial charge in [0.25, 0.3) is 0 Å². The Bertz CT molecular complexity index is 699. The summed E-state index contributed by atoms with van der Waals surface area (Å²) >= 11 is 3.84. The van der Waals surface area contributed by atoms with E-state index in [9.17, 15) is 0 Å². The summed E-state index contributed by atoms with van der Waals surface area (Å²) in [6, 6.07) is 11.3. The van der Waals surface area contributed by atoms with Crippen molar-refractivity contribution in [1.29, 1.82) is 0 Å². The highest BCUT2D eigenvalue weighted by molar-refractivity contribution is 8.01. The topological polar surface area (TPSA) is 3.24 Å². The number of thiophene rings is 1. The Labute approximate surface area is 134 Å². The lowest BCUT2D eigenvalue weighted by molar-refractivity contribution is 0.307. The van der Waals surface area contributed by atoms with Gasteiger partial charge < -0.3 is 4.90 Å². The Hall–Kier alpha value is -1.03. The maximum Gasteiger partial charge on any atom is 0.0721 e. The van der Waals surface area contributed by atoms with Crippen molar-refractivity contribution in [1.82, 2.24) is 4.90 Å². The van der Waals surface area contributed by atoms with Crippen LogP contribution in [0, 0.1) is 0 Å². The lowest BCUT2D eigenvalue weighted by atomic mass is 9.93. The van der Waals surface area contributed by atoms with Crippen molar-refractivity contribution in [3.05, 3.63) is 46.8 Å². The van der Waals surface area contributed by atoms with Crippen LogP contribution in [0.15, 0.2) is 44.8 Å². The van der Waals surface area contributed by atoms with Gasteiger partial charge in [0.2, 0.25) is 0 Å². The molecule has 2 aliphatic heterocycles. The van der Waals surface area contributed by atoms with Crippen LogP contribution in [-0.2, 0) is 0 Å². The number of benzene rings is 1. The summed E-state index contributed by atoms with van der Waals surface area (Å²) in [5.41, 5.74) is 6.15. The molecule has 0 N–H and O–H groups in total. The average Bonchev–Trinajstić information content (AvgIpc) is 2.80. The van der Waals surface area contributed by atoms with Crippen LogP contribution in [0.5, 0.6) is 0 Å². The fourth-order valence-electron chi connectivity index (χ4n) is 3.37. The Morgan fingerprint density at radius 1 is 1.00 bits per heavy atom. The fraction of sp³-hybridized carbons (Fsp3) is 0.333. The third-order valence-electron chi connectivity index (χ3n) is 4.54. The van der Waals surface area contributed by atoms with Crippen molar-refractivity contribution in [3.8, 4) is 0 Å². The zero-order chi connectivity index (χ0) is 14.2. The summed E-state index contributed by atoms with van der Waals surface area (Å²) < 4.78 is 1.47. The normalized spacial score (nSPS) is 18.5. The minimum absolute atomic E-state index is 1.16. The second kappa shape index (κ2) is 5.64. The van der Waals surface area contributed by atoms with Crippen LogP contribution < -0.4 is 0 Å². The monoisotopic (exact) mass is 313 g/mol. The predicted molar refractivity (Wildman–Crippen MR) is 93.0 cm³/mol. The molecule has 3 heterocycles. The van der Waals surface area contributed by atoms with E-state index in [1.807, 2.05) is 23.1 Å². The molecule has 108 valence electrons. The zero-order valence-corrected chi connectivity index (χ0v) is 13.9. The van der Waals surface area contributed by atoms with Gasteiger partial charge >= 0.3 is 0 Å². The molecule has 4 rings (SSSR count). The van der Waals surface area contributed by atoms with E-state index >= 15 is 0 Å². The van der Waals surface area contributed by atoms with Crippen LogP contribution in [0.25, 0.3) is 11.1 Å². The molecular formula is C18H19NS2. The smallest absolute Gasteiger partial charge is 0.0721 e. The number of nitrogens with zero attached hydrogens (tertiary/aromatic N) is 1. The molecular weight excluding hydrogens is 294 g/mol. The molecule has 2 aromatic rings. The molecule has 0 bridgehead atoms. The van der Waals surface area contributed by atoms with Crippen molar-refractivity contribution in [3.63, 3.8) is 0 Å². The second-order valence-electron chi connectivity index (χ2n) is 5.61. The third-order valence-corrected chi connectivity index (χ3v) is 6.76. The Morgan fingerprint density at radius 3 is 2.57 bits per heavy atom. The van der Waals surface area contributed by atoms with Gasteiger partial charge in [-0.2, -0.15) is 0 Å². The minimum atomic E-state index is 1.16. The SMILES string of the molecule is CCN1CCC2=C(CC1)c1ccsc1Sc1ccccc12. The number of hydrogen-bond donors (Lipinski definition) is 0. The predicted octanol–water partition coefficient (Wildman–Crippen LogP) is 5.24. The molecule has 1 aromatic carbocycles. The number of fused-ring (bicyclic) bond motifs is 4. The molecule has 0 spiro atoms. The van der Waals surface area contributed by atoms with E-state index in [1.54, 1.807) is 11.1 Å². The van der Waals surface area contributed by atoms with E-state index in [2.05, 4.69) is 47.5 Å². The maximum atomic E-state index is 2.58. The van der Waals surface area contributed by atoms with Gasteiger partial charge in [0.15, 0.2) is 0 Å². The van der Waals surface area contributed by atoms with Crippen LogP contribution >= 0.6 is 23.1 Å². The molecule has 0 fully saturated rings. The molecule has 1 nitrogen and oxygen atoms in total. The minimum Gasteiger partial charge on any atom is -0.303 e. The highest BCUT2D eigenvalue weighted by Crippen LogP contribution is 2.48. The molecule has 0 saturated heterocycles. The number of hydrogen-bond acceptors (Lipinski definition) is 3. The molecule has 3 heteroatoms. The lowest BCUT2D eigenvalue weighted by Gasteiger charge is -2.17. The van der Waals surface area contributed by atoms with E-state index < -0.39 is 0 Å². The van der Waals surface area contributed by atoms with Crippen LogP contribution in [0.2, 0.25) is 0 Å². The summed E-state index contributed by atoms with van der Waals surface area (Å²) in [5, 5.41) is 2.25. The van der Waals surface area contributed by atoms with Crippen molar-refractivity contribution in [2.24, 2.45) is 0 Å². The summed E-state index contributed by atoms with van der Waals surface area (Å²) in [7, 11) is 0. The molecule has 1 aromatic heterocycles. The van der Waals surface area contributed by atoms with Crippen molar-refractivity contribution < 1.29 is 0 Å². The van der Waals surface area contributed by atoms with E-state index in [-0.39, 0.29) is 0 Å². The zero-order valence-electron chi connectivity index (χ0n) is 12.3. The van der Waals surface area contributed by atoms with E-state index in [4.69, 9.17) is 0 Å². The molecule has 0 radical (unpaired) electrons. The second-order valence-corrected chi connectivity index (χ2v) is 7.84. The Morgan fingerprint density at radius 2 is 1.76 bits per heavy atom.